The zero-order valence-corrected chi connectivity index (χ0v) is 14.8. The van der Waals surface area contributed by atoms with Crippen LogP contribution in [0.3, 0.4) is 0 Å². The van der Waals surface area contributed by atoms with Crippen LogP contribution in [0.1, 0.15) is 5.56 Å². The maximum Gasteiger partial charge on any atom is 0.233 e. The Morgan fingerprint density at radius 3 is 2.08 bits per heavy atom. The van der Waals surface area contributed by atoms with E-state index in [1.807, 2.05) is 95.7 Å². The average molecular weight is 356 g/mol. The summed E-state index contributed by atoms with van der Waals surface area (Å²) in [5, 5.41) is 14.3. The van der Waals surface area contributed by atoms with Crippen molar-refractivity contribution in [1.82, 2.24) is 9.78 Å². The van der Waals surface area contributed by atoms with Crippen LogP contribution in [0.2, 0.25) is 0 Å². The summed E-state index contributed by atoms with van der Waals surface area (Å²) in [4.78, 5) is 0.724. The third-order valence-corrected chi connectivity index (χ3v) is 4.68. The van der Waals surface area contributed by atoms with Crippen LogP contribution < -0.4 is 4.80 Å². The largest absolute Gasteiger partial charge is 0.233 e. The van der Waals surface area contributed by atoms with Gasteiger partial charge < -0.3 is 0 Å². The quantitative estimate of drug-likeness (QED) is 0.391. The summed E-state index contributed by atoms with van der Waals surface area (Å²) in [6.07, 6.45) is 1.75. The Hall–Kier alpha value is -3.31. The van der Waals surface area contributed by atoms with E-state index in [4.69, 9.17) is 5.10 Å². The van der Waals surface area contributed by atoms with E-state index in [-0.39, 0.29) is 0 Å². The Morgan fingerprint density at radius 1 is 0.769 bits per heavy atom. The highest BCUT2D eigenvalue weighted by molar-refractivity contribution is 7.12. The number of rotatable bonds is 4. The number of aromatic nitrogens is 2. The molecule has 0 aliphatic heterocycles. The van der Waals surface area contributed by atoms with Crippen LogP contribution >= 0.6 is 11.3 Å². The van der Waals surface area contributed by atoms with E-state index in [0.717, 1.165) is 26.6 Å². The van der Waals surface area contributed by atoms with Gasteiger partial charge in [0.15, 0.2) is 0 Å². The van der Waals surface area contributed by atoms with Crippen molar-refractivity contribution >= 4 is 17.6 Å². The molecule has 0 N–H and O–H groups in total. The maximum absolute atomic E-state index is 4.74. The van der Waals surface area contributed by atoms with E-state index < -0.39 is 0 Å². The molecule has 3 aromatic carbocycles. The molecule has 126 valence electrons. The highest BCUT2D eigenvalue weighted by Crippen LogP contribution is 2.19. The molecule has 0 aliphatic carbocycles. The molecule has 0 saturated heterocycles. The number of nitrogens with zero attached hydrogens (tertiary/aromatic N) is 4. The van der Waals surface area contributed by atoms with Gasteiger partial charge in [-0.05, 0) is 17.7 Å². The fraction of sp³-hybridized carbons (Fsp3) is 0. The molecule has 4 rings (SSSR count). The van der Waals surface area contributed by atoms with Gasteiger partial charge in [0.25, 0.3) is 0 Å². The highest BCUT2D eigenvalue weighted by atomic mass is 32.1. The zero-order valence-electron chi connectivity index (χ0n) is 13.9. The molecule has 1 heterocycles. The lowest BCUT2D eigenvalue weighted by molar-refractivity contribution is 0.824. The summed E-state index contributed by atoms with van der Waals surface area (Å²) >= 11 is 1.51. The van der Waals surface area contributed by atoms with Crippen LogP contribution in [-0.2, 0) is 0 Å². The van der Waals surface area contributed by atoms with Crippen LogP contribution in [0, 0.1) is 0 Å². The molecule has 0 saturated carbocycles. The Kier molecular flexibility index (Phi) is 4.80. The number of benzene rings is 3. The zero-order chi connectivity index (χ0) is 17.6. The minimum absolute atomic E-state index is 0.724. The first-order valence-corrected chi connectivity index (χ1v) is 9.05. The molecule has 0 aliphatic rings. The standard InChI is InChI=1S/C21H16N4S/c1-4-10-17(11-5-1)16-22-23-21-25(19-14-8-3-9-15-19)24-20(26-21)18-12-6-2-7-13-18/h1-16H/b22-16+,23-21+. The minimum atomic E-state index is 0.724. The maximum atomic E-state index is 4.74. The second-order valence-corrected chi connectivity index (χ2v) is 6.51. The molecular formula is C21H16N4S. The summed E-state index contributed by atoms with van der Waals surface area (Å²) in [7, 11) is 0. The fourth-order valence-electron chi connectivity index (χ4n) is 2.47. The smallest absolute Gasteiger partial charge is 0.203 e. The number of hydrogen-bond acceptors (Lipinski definition) is 4. The summed E-state index contributed by atoms with van der Waals surface area (Å²) in [5.74, 6) is 0. The van der Waals surface area contributed by atoms with E-state index in [1.54, 1.807) is 6.21 Å². The van der Waals surface area contributed by atoms with Crippen molar-refractivity contribution in [2.45, 2.75) is 0 Å². The van der Waals surface area contributed by atoms with Crippen molar-refractivity contribution in [2.24, 2.45) is 10.2 Å². The first-order chi connectivity index (χ1) is 12.9. The monoisotopic (exact) mass is 356 g/mol. The normalized spacial score (nSPS) is 11.9. The van der Waals surface area contributed by atoms with Crippen molar-refractivity contribution in [3.8, 4) is 16.3 Å². The Balaban J connectivity index is 1.78. The van der Waals surface area contributed by atoms with Gasteiger partial charge in [-0.1, -0.05) is 90.2 Å². The second kappa shape index (κ2) is 7.72. The first-order valence-electron chi connectivity index (χ1n) is 8.23. The fourth-order valence-corrected chi connectivity index (χ4v) is 3.34. The third kappa shape index (κ3) is 3.68. The van der Waals surface area contributed by atoms with Crippen LogP contribution in [0.25, 0.3) is 16.3 Å². The van der Waals surface area contributed by atoms with E-state index >= 15 is 0 Å². The van der Waals surface area contributed by atoms with Crippen molar-refractivity contribution in [1.29, 1.82) is 0 Å². The van der Waals surface area contributed by atoms with Gasteiger partial charge in [0.1, 0.15) is 5.01 Å². The predicted octanol–water partition coefficient (Wildman–Crippen LogP) is 4.54. The number of hydrogen-bond donors (Lipinski definition) is 0. The Morgan fingerprint density at radius 2 is 1.38 bits per heavy atom. The van der Waals surface area contributed by atoms with E-state index in [9.17, 15) is 0 Å². The first kappa shape index (κ1) is 16.2. The van der Waals surface area contributed by atoms with Crippen molar-refractivity contribution < 1.29 is 0 Å². The van der Waals surface area contributed by atoms with E-state index in [2.05, 4.69) is 10.2 Å². The van der Waals surface area contributed by atoms with Crippen LogP contribution in [0.4, 0.5) is 0 Å². The van der Waals surface area contributed by atoms with Gasteiger partial charge in [-0.2, -0.15) is 10.2 Å². The molecule has 0 atom stereocenters. The molecule has 4 aromatic rings. The molecule has 0 amide bonds. The molecule has 0 radical (unpaired) electrons. The van der Waals surface area contributed by atoms with Crippen LogP contribution in [0.5, 0.6) is 0 Å². The second-order valence-electron chi connectivity index (χ2n) is 5.56. The predicted molar refractivity (Wildman–Crippen MR) is 106 cm³/mol. The lowest BCUT2D eigenvalue weighted by atomic mass is 10.2. The van der Waals surface area contributed by atoms with Gasteiger partial charge >= 0.3 is 0 Å². The van der Waals surface area contributed by atoms with Gasteiger partial charge in [0, 0.05) is 5.56 Å². The lowest BCUT2D eigenvalue weighted by Gasteiger charge is -1.99. The number of para-hydroxylation sites is 1. The summed E-state index contributed by atoms with van der Waals surface area (Å²) < 4.78 is 1.83. The molecule has 0 spiro atoms. The van der Waals surface area contributed by atoms with E-state index in [0.29, 0.717) is 0 Å². The van der Waals surface area contributed by atoms with Crippen molar-refractivity contribution in [3.05, 3.63) is 101 Å². The molecule has 1 aromatic heterocycles. The van der Waals surface area contributed by atoms with Gasteiger partial charge in [-0.3, -0.25) is 0 Å². The molecule has 0 unspecified atom stereocenters. The molecule has 5 heteroatoms. The van der Waals surface area contributed by atoms with Crippen molar-refractivity contribution in [3.63, 3.8) is 0 Å². The average Bonchev–Trinajstić information content (AvgIpc) is 3.14. The Labute approximate surface area is 155 Å². The molecule has 4 nitrogen and oxygen atoms in total. The summed E-state index contributed by atoms with van der Waals surface area (Å²) in [5.41, 5.74) is 3.03. The topological polar surface area (TPSA) is 42.5 Å². The molecule has 0 fully saturated rings. The third-order valence-electron chi connectivity index (χ3n) is 3.73. The van der Waals surface area contributed by atoms with Crippen LogP contribution in [-0.4, -0.2) is 16.0 Å². The van der Waals surface area contributed by atoms with Gasteiger partial charge in [-0.15, -0.1) is 5.10 Å². The minimum Gasteiger partial charge on any atom is -0.203 e. The van der Waals surface area contributed by atoms with Crippen molar-refractivity contribution in [2.75, 3.05) is 0 Å². The molecule has 0 bridgehead atoms. The SMILES string of the molecule is C(=N\N=c1\sc(-c2ccccc2)nn1-c1ccccc1)/c1ccccc1. The van der Waals surface area contributed by atoms with E-state index in [1.165, 1.54) is 11.3 Å². The lowest BCUT2D eigenvalue weighted by Crippen LogP contribution is -2.13. The van der Waals surface area contributed by atoms with Crippen LogP contribution in [0.15, 0.2) is 101 Å². The highest BCUT2D eigenvalue weighted by Gasteiger charge is 2.08. The molecular weight excluding hydrogens is 340 g/mol. The summed E-state index contributed by atoms with van der Waals surface area (Å²) in [6.45, 7) is 0. The summed E-state index contributed by atoms with van der Waals surface area (Å²) in [6, 6.07) is 30.0. The van der Waals surface area contributed by atoms with Gasteiger partial charge in [0.2, 0.25) is 4.80 Å². The Bertz CT molecular complexity index is 1070. The van der Waals surface area contributed by atoms with Gasteiger partial charge in [-0.25, -0.2) is 4.68 Å². The molecule has 26 heavy (non-hydrogen) atoms. The van der Waals surface area contributed by atoms with Gasteiger partial charge in [0.05, 0.1) is 11.9 Å².